The standard InChI is InChI=1S/C15H17N3O2.ClH/c1-11-10-16-7-8-18(11)15(19)13-9-14(20-17-13)12-5-3-2-4-6-12;/h2-6,9,11,16H,7-8,10H2,1H3;1H/t11-;/m1./s1. The normalized spacial score (nSPS) is 18.1. The molecule has 0 saturated carbocycles. The summed E-state index contributed by atoms with van der Waals surface area (Å²) in [5.74, 6) is 0.557. The summed E-state index contributed by atoms with van der Waals surface area (Å²) in [5, 5.41) is 7.18. The summed E-state index contributed by atoms with van der Waals surface area (Å²) < 4.78 is 5.28. The molecule has 0 bridgehead atoms. The van der Waals surface area contributed by atoms with Crippen molar-refractivity contribution in [3.63, 3.8) is 0 Å². The minimum atomic E-state index is -0.0649. The Labute approximate surface area is 129 Å². The summed E-state index contributed by atoms with van der Waals surface area (Å²) in [5.41, 5.74) is 1.30. The fraction of sp³-hybridized carbons (Fsp3) is 0.333. The number of halogens is 1. The lowest BCUT2D eigenvalue weighted by Crippen LogP contribution is -2.52. The van der Waals surface area contributed by atoms with E-state index in [9.17, 15) is 4.79 Å². The van der Waals surface area contributed by atoms with Crippen LogP contribution in [0.25, 0.3) is 11.3 Å². The first-order valence-corrected chi connectivity index (χ1v) is 6.79. The maximum Gasteiger partial charge on any atom is 0.276 e. The number of rotatable bonds is 2. The monoisotopic (exact) mass is 307 g/mol. The van der Waals surface area contributed by atoms with Crippen LogP contribution in [0.15, 0.2) is 40.9 Å². The molecule has 1 aliphatic rings. The molecule has 0 radical (unpaired) electrons. The van der Waals surface area contributed by atoms with Gasteiger partial charge in [0.15, 0.2) is 11.5 Å². The van der Waals surface area contributed by atoms with Gasteiger partial charge < -0.3 is 14.7 Å². The Morgan fingerprint density at radius 1 is 1.38 bits per heavy atom. The van der Waals surface area contributed by atoms with Gasteiger partial charge in [-0.3, -0.25) is 4.79 Å². The molecule has 5 nitrogen and oxygen atoms in total. The number of carbonyl (C=O) groups excluding carboxylic acids is 1. The number of amides is 1. The van der Waals surface area contributed by atoms with Gasteiger partial charge in [0.2, 0.25) is 0 Å². The van der Waals surface area contributed by atoms with Crippen LogP contribution >= 0.6 is 12.4 Å². The highest BCUT2D eigenvalue weighted by Gasteiger charge is 2.26. The molecule has 0 aliphatic carbocycles. The maximum absolute atomic E-state index is 12.4. The van der Waals surface area contributed by atoms with Crippen molar-refractivity contribution in [2.45, 2.75) is 13.0 Å². The van der Waals surface area contributed by atoms with Gasteiger partial charge in [0.25, 0.3) is 5.91 Å². The molecule has 2 heterocycles. The summed E-state index contributed by atoms with van der Waals surface area (Å²) in [6.07, 6.45) is 0. The van der Waals surface area contributed by atoms with Crippen molar-refractivity contribution in [3.05, 3.63) is 42.1 Å². The molecule has 1 aromatic heterocycles. The lowest BCUT2D eigenvalue weighted by atomic mass is 10.1. The average Bonchev–Trinajstić information content (AvgIpc) is 2.98. The molecule has 1 saturated heterocycles. The number of nitrogens with one attached hydrogen (secondary N) is 1. The highest BCUT2D eigenvalue weighted by atomic mass is 35.5. The molecular weight excluding hydrogens is 290 g/mol. The van der Waals surface area contributed by atoms with E-state index < -0.39 is 0 Å². The Kier molecular flexibility index (Phi) is 4.98. The summed E-state index contributed by atoms with van der Waals surface area (Å²) in [6.45, 7) is 4.37. The lowest BCUT2D eigenvalue weighted by Gasteiger charge is -2.33. The van der Waals surface area contributed by atoms with Crippen LogP contribution in [-0.2, 0) is 0 Å². The zero-order valence-corrected chi connectivity index (χ0v) is 12.6. The molecule has 3 rings (SSSR count). The topological polar surface area (TPSA) is 58.4 Å². The summed E-state index contributed by atoms with van der Waals surface area (Å²) >= 11 is 0. The maximum atomic E-state index is 12.4. The molecule has 1 aromatic carbocycles. The Balaban J connectivity index is 0.00000161. The first-order chi connectivity index (χ1) is 9.75. The van der Waals surface area contributed by atoms with E-state index in [0.717, 1.165) is 18.7 Å². The molecule has 0 spiro atoms. The predicted octanol–water partition coefficient (Wildman–Crippen LogP) is 2.20. The van der Waals surface area contributed by atoms with Gasteiger partial charge in [0.1, 0.15) is 0 Å². The Morgan fingerprint density at radius 2 is 2.14 bits per heavy atom. The third-order valence-corrected chi connectivity index (χ3v) is 3.55. The number of piperazine rings is 1. The van der Waals surface area contributed by atoms with Crippen molar-refractivity contribution in [2.75, 3.05) is 19.6 Å². The predicted molar refractivity (Wildman–Crippen MR) is 82.6 cm³/mol. The van der Waals surface area contributed by atoms with Crippen LogP contribution in [0.2, 0.25) is 0 Å². The molecule has 1 amide bonds. The van der Waals surface area contributed by atoms with E-state index in [-0.39, 0.29) is 24.4 Å². The quantitative estimate of drug-likeness (QED) is 0.924. The van der Waals surface area contributed by atoms with Crippen LogP contribution in [0.4, 0.5) is 0 Å². The van der Waals surface area contributed by atoms with E-state index in [1.807, 2.05) is 42.2 Å². The van der Waals surface area contributed by atoms with Crippen LogP contribution in [0.3, 0.4) is 0 Å². The van der Waals surface area contributed by atoms with Crippen LogP contribution in [0, 0.1) is 0 Å². The SMILES string of the molecule is C[C@@H]1CNCCN1C(=O)c1cc(-c2ccccc2)on1.Cl. The third-order valence-electron chi connectivity index (χ3n) is 3.55. The molecule has 1 N–H and O–H groups in total. The molecule has 6 heteroatoms. The second kappa shape index (κ2) is 6.74. The number of nitrogens with zero attached hydrogens (tertiary/aromatic N) is 2. The second-order valence-electron chi connectivity index (χ2n) is 4.99. The summed E-state index contributed by atoms with van der Waals surface area (Å²) in [6, 6.07) is 11.5. The molecule has 21 heavy (non-hydrogen) atoms. The Morgan fingerprint density at radius 3 is 2.86 bits per heavy atom. The first-order valence-electron chi connectivity index (χ1n) is 6.79. The summed E-state index contributed by atoms with van der Waals surface area (Å²) in [7, 11) is 0. The Bertz CT molecular complexity index is 600. The largest absolute Gasteiger partial charge is 0.355 e. The minimum Gasteiger partial charge on any atom is -0.355 e. The van der Waals surface area contributed by atoms with Gasteiger partial charge in [-0.1, -0.05) is 35.5 Å². The van der Waals surface area contributed by atoms with Crippen molar-refractivity contribution >= 4 is 18.3 Å². The van der Waals surface area contributed by atoms with Crippen LogP contribution in [0.5, 0.6) is 0 Å². The molecule has 112 valence electrons. The molecule has 1 aliphatic heterocycles. The molecule has 0 unspecified atom stereocenters. The van der Waals surface area contributed by atoms with Gasteiger partial charge in [-0.15, -0.1) is 12.4 Å². The van der Waals surface area contributed by atoms with Gasteiger partial charge in [0.05, 0.1) is 0 Å². The minimum absolute atomic E-state index is 0. The van der Waals surface area contributed by atoms with Crippen LogP contribution in [0.1, 0.15) is 17.4 Å². The lowest BCUT2D eigenvalue weighted by molar-refractivity contribution is 0.0645. The van der Waals surface area contributed by atoms with Crippen LogP contribution < -0.4 is 5.32 Å². The first kappa shape index (κ1) is 15.5. The van der Waals surface area contributed by atoms with Crippen molar-refractivity contribution < 1.29 is 9.32 Å². The van der Waals surface area contributed by atoms with Gasteiger partial charge >= 0.3 is 0 Å². The van der Waals surface area contributed by atoms with Crippen LogP contribution in [-0.4, -0.2) is 41.6 Å². The van der Waals surface area contributed by atoms with E-state index >= 15 is 0 Å². The fourth-order valence-electron chi connectivity index (χ4n) is 2.40. The van der Waals surface area contributed by atoms with Crippen molar-refractivity contribution in [1.29, 1.82) is 0 Å². The fourth-order valence-corrected chi connectivity index (χ4v) is 2.40. The zero-order valence-electron chi connectivity index (χ0n) is 11.8. The van der Waals surface area contributed by atoms with E-state index in [0.29, 0.717) is 18.0 Å². The van der Waals surface area contributed by atoms with Crippen molar-refractivity contribution in [3.8, 4) is 11.3 Å². The molecular formula is C15H18ClN3O2. The second-order valence-corrected chi connectivity index (χ2v) is 4.99. The van der Waals surface area contributed by atoms with E-state index in [1.165, 1.54) is 0 Å². The van der Waals surface area contributed by atoms with E-state index in [2.05, 4.69) is 10.5 Å². The third kappa shape index (κ3) is 3.25. The summed E-state index contributed by atoms with van der Waals surface area (Å²) in [4.78, 5) is 14.3. The number of hydrogen-bond donors (Lipinski definition) is 1. The average molecular weight is 308 g/mol. The van der Waals surface area contributed by atoms with E-state index in [1.54, 1.807) is 6.07 Å². The van der Waals surface area contributed by atoms with Crippen molar-refractivity contribution in [2.24, 2.45) is 0 Å². The van der Waals surface area contributed by atoms with Gasteiger partial charge in [-0.25, -0.2) is 0 Å². The highest BCUT2D eigenvalue weighted by Crippen LogP contribution is 2.21. The van der Waals surface area contributed by atoms with Crippen molar-refractivity contribution in [1.82, 2.24) is 15.4 Å². The number of aromatic nitrogens is 1. The van der Waals surface area contributed by atoms with E-state index in [4.69, 9.17) is 4.52 Å². The zero-order chi connectivity index (χ0) is 13.9. The number of hydrogen-bond acceptors (Lipinski definition) is 4. The molecule has 2 aromatic rings. The van der Waals surface area contributed by atoms with Gasteiger partial charge in [0, 0.05) is 37.3 Å². The molecule has 1 fully saturated rings. The highest BCUT2D eigenvalue weighted by molar-refractivity contribution is 5.93. The number of benzene rings is 1. The Hall–Kier alpha value is -1.85. The number of carbonyl (C=O) groups is 1. The smallest absolute Gasteiger partial charge is 0.276 e. The van der Waals surface area contributed by atoms with Gasteiger partial charge in [-0.05, 0) is 6.92 Å². The van der Waals surface area contributed by atoms with Gasteiger partial charge in [-0.2, -0.15) is 0 Å². The molecule has 1 atom stereocenters.